The molecule has 0 unspecified atom stereocenters. The van der Waals surface area contributed by atoms with Gasteiger partial charge in [-0.3, -0.25) is 9.59 Å². The molecule has 0 aromatic heterocycles. The quantitative estimate of drug-likeness (QED) is 0.617. The van der Waals surface area contributed by atoms with Crippen LogP contribution >= 0.6 is 0 Å². The van der Waals surface area contributed by atoms with E-state index in [-0.39, 0.29) is 11.8 Å². The summed E-state index contributed by atoms with van der Waals surface area (Å²) in [5, 5.41) is 0. The van der Waals surface area contributed by atoms with E-state index < -0.39 is 23.0 Å². The summed E-state index contributed by atoms with van der Waals surface area (Å²) < 4.78 is 6.07. The van der Waals surface area contributed by atoms with E-state index in [1.54, 1.807) is 0 Å². The molecule has 130 valence electrons. The maximum Gasteiger partial charge on any atom is 0.241 e. The van der Waals surface area contributed by atoms with Crippen LogP contribution in [0.15, 0.2) is 66.7 Å². The van der Waals surface area contributed by atoms with Crippen LogP contribution in [0.25, 0.3) is 11.1 Å². The number of carbonyl (C=O) groups is 2. The first-order chi connectivity index (χ1) is 12.4. The zero-order chi connectivity index (χ0) is 18.1. The molecular weight excluding hydrogens is 326 g/mol. The van der Waals surface area contributed by atoms with E-state index in [0.717, 1.165) is 11.1 Å². The van der Waals surface area contributed by atoms with Crippen molar-refractivity contribution in [2.24, 2.45) is 11.8 Å². The molecule has 4 heteroatoms. The van der Waals surface area contributed by atoms with E-state index in [9.17, 15) is 9.59 Å². The highest BCUT2D eigenvalue weighted by Crippen LogP contribution is 2.57. The standard InChI is InChI=1S/C22H19NO3/c1-21-12-13-22(2,26-21)18-17(21)19(24)23(20(18)25)16-11-7-6-10-15(16)14-8-4-3-5-9-14/h3-13,17-18H,1-2H3/t17-,18+,21-,22-/m0/s1. The molecule has 3 heterocycles. The van der Waals surface area contributed by atoms with Gasteiger partial charge >= 0.3 is 0 Å². The lowest BCUT2D eigenvalue weighted by molar-refractivity contribution is -0.128. The van der Waals surface area contributed by atoms with Crippen molar-refractivity contribution in [1.29, 1.82) is 0 Å². The minimum atomic E-state index is -0.706. The van der Waals surface area contributed by atoms with Gasteiger partial charge in [0.2, 0.25) is 11.8 Å². The first-order valence-corrected chi connectivity index (χ1v) is 8.87. The number of imide groups is 1. The van der Waals surface area contributed by atoms with Crippen molar-refractivity contribution in [2.45, 2.75) is 25.0 Å². The molecule has 2 amide bonds. The Balaban J connectivity index is 1.64. The third-order valence-corrected chi connectivity index (χ3v) is 5.96. The summed E-state index contributed by atoms with van der Waals surface area (Å²) in [6, 6.07) is 17.4. The molecule has 2 bridgehead atoms. The van der Waals surface area contributed by atoms with Crippen LogP contribution in [0.3, 0.4) is 0 Å². The molecule has 0 radical (unpaired) electrons. The van der Waals surface area contributed by atoms with E-state index in [2.05, 4.69) is 0 Å². The highest BCUT2D eigenvalue weighted by molar-refractivity contribution is 6.24. The van der Waals surface area contributed by atoms with Crippen molar-refractivity contribution in [3.63, 3.8) is 0 Å². The molecule has 26 heavy (non-hydrogen) atoms. The minimum absolute atomic E-state index is 0.168. The molecule has 2 saturated heterocycles. The molecule has 0 N–H and O–H groups in total. The molecule has 2 fully saturated rings. The van der Waals surface area contributed by atoms with Gasteiger partial charge in [0.05, 0.1) is 28.7 Å². The summed E-state index contributed by atoms with van der Waals surface area (Å²) in [4.78, 5) is 28.0. The predicted molar refractivity (Wildman–Crippen MR) is 98.4 cm³/mol. The Bertz CT molecular complexity index is 930. The first-order valence-electron chi connectivity index (χ1n) is 8.87. The molecule has 5 rings (SSSR count). The van der Waals surface area contributed by atoms with Gasteiger partial charge < -0.3 is 4.74 Å². The highest BCUT2D eigenvalue weighted by Gasteiger charge is 2.70. The number of ether oxygens (including phenoxy) is 1. The number of para-hydroxylation sites is 1. The first kappa shape index (κ1) is 15.5. The van der Waals surface area contributed by atoms with E-state index in [0.29, 0.717) is 5.69 Å². The second kappa shape index (κ2) is 4.92. The Kier molecular flexibility index (Phi) is 2.94. The van der Waals surface area contributed by atoms with Crippen LogP contribution in [0, 0.1) is 11.8 Å². The number of nitrogens with zero attached hydrogens (tertiary/aromatic N) is 1. The van der Waals surface area contributed by atoms with Gasteiger partial charge in [0.1, 0.15) is 0 Å². The molecule has 4 nitrogen and oxygen atoms in total. The summed E-state index contributed by atoms with van der Waals surface area (Å²) in [7, 11) is 0. The van der Waals surface area contributed by atoms with Crippen LogP contribution in [0.5, 0.6) is 0 Å². The van der Waals surface area contributed by atoms with Crippen molar-refractivity contribution in [2.75, 3.05) is 4.90 Å². The van der Waals surface area contributed by atoms with E-state index in [1.165, 1.54) is 4.90 Å². The van der Waals surface area contributed by atoms with Gasteiger partial charge in [-0.1, -0.05) is 60.7 Å². The topological polar surface area (TPSA) is 46.6 Å². The van der Waals surface area contributed by atoms with Crippen molar-refractivity contribution in [3.8, 4) is 11.1 Å². The third kappa shape index (κ3) is 1.82. The summed E-state index contributed by atoms with van der Waals surface area (Å²) in [5.41, 5.74) is 1.10. The van der Waals surface area contributed by atoms with Gasteiger partial charge in [-0.2, -0.15) is 0 Å². The zero-order valence-corrected chi connectivity index (χ0v) is 14.7. The number of hydrogen-bond donors (Lipinski definition) is 0. The average Bonchev–Trinajstić information content (AvgIpc) is 3.19. The Morgan fingerprint density at radius 1 is 0.808 bits per heavy atom. The SMILES string of the molecule is C[C@@]12C=C[C@](C)(O1)[C@H]1C(=O)N(c3ccccc3-c3ccccc3)C(=O)[C@H]12. The summed E-state index contributed by atoms with van der Waals surface area (Å²) >= 11 is 0. The van der Waals surface area contributed by atoms with Crippen LogP contribution in [0.1, 0.15) is 13.8 Å². The molecular formula is C22H19NO3. The Morgan fingerprint density at radius 2 is 1.35 bits per heavy atom. The summed E-state index contributed by atoms with van der Waals surface area (Å²) in [6.45, 7) is 3.80. The number of carbonyl (C=O) groups excluding carboxylic acids is 2. The number of hydrogen-bond acceptors (Lipinski definition) is 3. The fraction of sp³-hybridized carbons (Fsp3) is 0.273. The largest absolute Gasteiger partial charge is 0.359 e. The Hall–Kier alpha value is -2.72. The monoisotopic (exact) mass is 345 g/mol. The predicted octanol–water partition coefficient (Wildman–Crippen LogP) is 3.58. The summed E-state index contributed by atoms with van der Waals surface area (Å²) in [5.74, 6) is -1.26. The van der Waals surface area contributed by atoms with E-state index >= 15 is 0 Å². The maximum atomic E-state index is 13.3. The van der Waals surface area contributed by atoms with Gasteiger partial charge in [0.25, 0.3) is 0 Å². The van der Waals surface area contributed by atoms with Crippen LogP contribution in [0.2, 0.25) is 0 Å². The third-order valence-electron chi connectivity index (χ3n) is 5.96. The average molecular weight is 345 g/mol. The Morgan fingerprint density at radius 3 is 1.96 bits per heavy atom. The lowest BCUT2D eigenvalue weighted by Gasteiger charge is -2.26. The fourth-order valence-electron chi connectivity index (χ4n) is 4.80. The molecule has 2 aromatic rings. The van der Waals surface area contributed by atoms with Crippen LogP contribution < -0.4 is 4.90 Å². The van der Waals surface area contributed by atoms with Crippen molar-refractivity contribution < 1.29 is 14.3 Å². The van der Waals surface area contributed by atoms with Crippen LogP contribution in [-0.2, 0) is 14.3 Å². The van der Waals surface area contributed by atoms with E-state index in [4.69, 9.17) is 4.74 Å². The number of benzene rings is 2. The van der Waals surface area contributed by atoms with Crippen LogP contribution in [0.4, 0.5) is 5.69 Å². The molecule has 0 aliphatic carbocycles. The zero-order valence-electron chi connectivity index (χ0n) is 14.7. The molecule has 0 spiro atoms. The molecule has 3 aliphatic heterocycles. The summed E-state index contributed by atoms with van der Waals surface area (Å²) in [6.07, 6.45) is 3.87. The van der Waals surface area contributed by atoms with Gasteiger partial charge in [-0.15, -0.1) is 0 Å². The van der Waals surface area contributed by atoms with Crippen molar-refractivity contribution in [3.05, 3.63) is 66.7 Å². The maximum absolute atomic E-state index is 13.3. The second-order valence-electron chi connectivity index (χ2n) is 7.65. The smallest absolute Gasteiger partial charge is 0.241 e. The number of amides is 2. The Labute approximate surface area is 152 Å². The van der Waals surface area contributed by atoms with Gasteiger partial charge in [0.15, 0.2) is 0 Å². The normalized spacial score (nSPS) is 34.6. The van der Waals surface area contributed by atoms with E-state index in [1.807, 2.05) is 80.6 Å². The number of fused-ring (bicyclic) bond motifs is 5. The van der Waals surface area contributed by atoms with Crippen LogP contribution in [-0.4, -0.2) is 23.0 Å². The minimum Gasteiger partial charge on any atom is -0.359 e. The van der Waals surface area contributed by atoms with Crippen molar-refractivity contribution in [1.82, 2.24) is 0 Å². The molecule has 0 saturated carbocycles. The lowest BCUT2D eigenvalue weighted by atomic mass is 9.73. The molecule has 4 atom stereocenters. The van der Waals surface area contributed by atoms with Gasteiger partial charge in [0, 0.05) is 5.56 Å². The molecule has 2 aromatic carbocycles. The number of anilines is 1. The molecule has 3 aliphatic rings. The lowest BCUT2D eigenvalue weighted by Crippen LogP contribution is -2.39. The van der Waals surface area contributed by atoms with Gasteiger partial charge in [-0.25, -0.2) is 4.90 Å². The van der Waals surface area contributed by atoms with Gasteiger partial charge in [-0.05, 0) is 25.5 Å². The van der Waals surface area contributed by atoms with Crippen molar-refractivity contribution >= 4 is 17.5 Å². The highest BCUT2D eigenvalue weighted by atomic mass is 16.5. The second-order valence-corrected chi connectivity index (χ2v) is 7.65. The number of rotatable bonds is 2. The fourth-order valence-corrected chi connectivity index (χ4v) is 4.80.